The third-order valence-corrected chi connectivity index (χ3v) is 6.34. The van der Waals surface area contributed by atoms with Crippen LogP contribution in [-0.2, 0) is 13.0 Å². The van der Waals surface area contributed by atoms with Crippen LogP contribution in [0.2, 0.25) is 0 Å². The van der Waals surface area contributed by atoms with E-state index >= 15 is 0 Å². The summed E-state index contributed by atoms with van der Waals surface area (Å²) >= 11 is 0. The fourth-order valence-electron chi connectivity index (χ4n) is 4.47. The molecule has 0 aliphatic carbocycles. The van der Waals surface area contributed by atoms with E-state index in [0.717, 1.165) is 41.0 Å². The van der Waals surface area contributed by atoms with Crippen LogP contribution in [0.15, 0.2) is 54.3 Å². The first-order valence-corrected chi connectivity index (χ1v) is 11.4. The van der Waals surface area contributed by atoms with E-state index in [0.29, 0.717) is 36.1 Å². The van der Waals surface area contributed by atoms with Crippen molar-refractivity contribution in [2.75, 3.05) is 27.5 Å². The number of hydrogen-bond donors (Lipinski definition) is 0. The number of nitrogens with zero attached hydrogens (tertiary/aromatic N) is 1. The lowest BCUT2D eigenvalue weighted by Gasteiger charge is -2.30. The number of fused-ring (bicyclic) bond motifs is 2. The van der Waals surface area contributed by atoms with Crippen LogP contribution in [0, 0.1) is 12.7 Å². The highest BCUT2D eigenvalue weighted by Gasteiger charge is 2.33. The van der Waals surface area contributed by atoms with E-state index in [-0.39, 0.29) is 17.4 Å². The highest BCUT2D eigenvalue weighted by molar-refractivity contribution is 6.15. The molecule has 0 saturated carbocycles. The second-order valence-corrected chi connectivity index (χ2v) is 8.62. The standard InChI is InChI=1S/C28H26FNO5/c1-17-27-20(15-30(16-34-27)11-10-18-4-7-21(29)8-5-18)14-22-26(31)25(35-28(17)22)13-19-6-9-23(32-2)24(12-19)33-3/h4-9,12-14H,10-11,15-16H2,1-3H3/b25-13-. The van der Waals surface area contributed by atoms with Gasteiger partial charge in [-0.25, -0.2) is 4.39 Å². The van der Waals surface area contributed by atoms with Gasteiger partial charge in [-0.2, -0.15) is 0 Å². The van der Waals surface area contributed by atoms with Crippen LogP contribution in [-0.4, -0.2) is 38.2 Å². The lowest BCUT2D eigenvalue weighted by Crippen LogP contribution is -2.34. The Balaban J connectivity index is 1.35. The Morgan fingerprint density at radius 3 is 2.54 bits per heavy atom. The summed E-state index contributed by atoms with van der Waals surface area (Å²) in [4.78, 5) is 15.4. The minimum Gasteiger partial charge on any atom is -0.493 e. The molecule has 0 bridgehead atoms. The highest BCUT2D eigenvalue weighted by atomic mass is 19.1. The number of hydrogen-bond acceptors (Lipinski definition) is 6. The number of ether oxygens (including phenoxy) is 4. The lowest BCUT2D eigenvalue weighted by atomic mass is 9.99. The van der Waals surface area contributed by atoms with Crippen molar-refractivity contribution in [1.29, 1.82) is 0 Å². The quantitative estimate of drug-likeness (QED) is 0.459. The number of benzene rings is 3. The topological polar surface area (TPSA) is 57.2 Å². The first-order chi connectivity index (χ1) is 17.0. The van der Waals surface area contributed by atoms with Gasteiger partial charge in [-0.05, 0) is 60.9 Å². The molecule has 5 rings (SSSR count). The zero-order valence-corrected chi connectivity index (χ0v) is 19.9. The number of ketones is 1. The maximum absolute atomic E-state index is 13.2. The van der Waals surface area contributed by atoms with Crippen molar-refractivity contribution in [3.63, 3.8) is 0 Å². The first-order valence-electron chi connectivity index (χ1n) is 11.4. The van der Waals surface area contributed by atoms with Gasteiger partial charge in [0.25, 0.3) is 0 Å². The molecule has 7 heteroatoms. The average molecular weight is 476 g/mol. The van der Waals surface area contributed by atoms with E-state index in [2.05, 4.69) is 4.90 Å². The van der Waals surface area contributed by atoms with Crippen LogP contribution in [0.4, 0.5) is 4.39 Å². The summed E-state index contributed by atoms with van der Waals surface area (Å²) in [7, 11) is 3.14. The van der Waals surface area contributed by atoms with Gasteiger partial charge in [0, 0.05) is 24.2 Å². The molecule has 0 saturated heterocycles. The molecule has 0 aromatic heterocycles. The largest absolute Gasteiger partial charge is 0.493 e. The molecular weight excluding hydrogens is 449 g/mol. The van der Waals surface area contributed by atoms with Crippen LogP contribution in [0.25, 0.3) is 6.08 Å². The number of halogens is 1. The van der Waals surface area contributed by atoms with Gasteiger partial charge in [0.2, 0.25) is 5.78 Å². The van der Waals surface area contributed by atoms with Gasteiger partial charge in [-0.3, -0.25) is 9.69 Å². The Kier molecular flexibility index (Phi) is 6.17. The normalized spacial score (nSPS) is 15.9. The van der Waals surface area contributed by atoms with Crippen molar-refractivity contribution < 1.29 is 28.1 Å². The van der Waals surface area contributed by atoms with Crippen molar-refractivity contribution >= 4 is 11.9 Å². The van der Waals surface area contributed by atoms with Crippen LogP contribution in [0.1, 0.15) is 32.6 Å². The van der Waals surface area contributed by atoms with E-state index < -0.39 is 0 Å². The summed E-state index contributed by atoms with van der Waals surface area (Å²) in [5.41, 5.74) is 4.15. The van der Waals surface area contributed by atoms with Crippen LogP contribution < -0.4 is 18.9 Å². The molecule has 3 aromatic carbocycles. The van der Waals surface area contributed by atoms with Gasteiger partial charge >= 0.3 is 0 Å². The van der Waals surface area contributed by atoms with E-state index in [4.69, 9.17) is 18.9 Å². The predicted molar refractivity (Wildman–Crippen MR) is 130 cm³/mol. The zero-order valence-electron chi connectivity index (χ0n) is 19.9. The van der Waals surface area contributed by atoms with Crippen molar-refractivity contribution in [3.05, 3.63) is 87.9 Å². The monoisotopic (exact) mass is 475 g/mol. The molecule has 2 aliphatic heterocycles. The van der Waals surface area contributed by atoms with E-state index in [1.165, 1.54) is 12.1 Å². The van der Waals surface area contributed by atoms with Gasteiger partial charge in [0.05, 0.1) is 19.8 Å². The van der Waals surface area contributed by atoms with Gasteiger partial charge in [0.1, 0.15) is 24.0 Å². The average Bonchev–Trinajstić information content (AvgIpc) is 3.18. The van der Waals surface area contributed by atoms with Gasteiger partial charge in [0.15, 0.2) is 17.3 Å². The Bertz CT molecular complexity index is 1320. The molecule has 35 heavy (non-hydrogen) atoms. The van der Waals surface area contributed by atoms with Crippen molar-refractivity contribution in [3.8, 4) is 23.0 Å². The first kappa shape index (κ1) is 22.9. The van der Waals surface area contributed by atoms with Gasteiger partial charge < -0.3 is 18.9 Å². The number of carbonyl (C=O) groups excluding carboxylic acids is 1. The van der Waals surface area contributed by atoms with Crippen LogP contribution in [0.3, 0.4) is 0 Å². The Morgan fingerprint density at radius 2 is 1.80 bits per heavy atom. The number of allylic oxidation sites excluding steroid dienone is 1. The summed E-state index contributed by atoms with van der Waals surface area (Å²) < 4.78 is 35.9. The molecule has 180 valence electrons. The summed E-state index contributed by atoms with van der Waals surface area (Å²) in [5.74, 6) is 2.35. The lowest BCUT2D eigenvalue weighted by molar-refractivity contribution is 0.0954. The SMILES string of the molecule is COc1ccc(/C=C2\Oc3c(cc4c(c3C)OCN(CCc3ccc(F)cc3)C4)C2=O)cc1OC. The molecule has 0 atom stereocenters. The van der Waals surface area contributed by atoms with Gasteiger partial charge in [-0.15, -0.1) is 0 Å². The molecule has 0 spiro atoms. The smallest absolute Gasteiger partial charge is 0.231 e. The second-order valence-electron chi connectivity index (χ2n) is 8.62. The van der Waals surface area contributed by atoms with E-state index in [1.54, 1.807) is 44.6 Å². The molecule has 0 amide bonds. The van der Waals surface area contributed by atoms with Crippen LogP contribution >= 0.6 is 0 Å². The summed E-state index contributed by atoms with van der Waals surface area (Å²) in [5, 5.41) is 0. The maximum Gasteiger partial charge on any atom is 0.231 e. The molecule has 3 aromatic rings. The maximum atomic E-state index is 13.2. The van der Waals surface area contributed by atoms with Crippen molar-refractivity contribution in [1.82, 2.24) is 4.90 Å². The highest BCUT2D eigenvalue weighted by Crippen LogP contribution is 2.43. The summed E-state index contributed by atoms with van der Waals surface area (Å²) in [6.07, 6.45) is 2.49. The molecule has 6 nitrogen and oxygen atoms in total. The van der Waals surface area contributed by atoms with Gasteiger partial charge in [-0.1, -0.05) is 18.2 Å². The van der Waals surface area contributed by atoms with E-state index in [9.17, 15) is 9.18 Å². The third kappa shape index (κ3) is 4.47. The number of Topliss-reactive ketones (excluding diaryl/α,β-unsaturated/α-hetero) is 1. The second kappa shape index (κ2) is 9.43. The fraction of sp³-hybridized carbons (Fsp3) is 0.250. The third-order valence-electron chi connectivity index (χ3n) is 6.34. The number of carbonyl (C=O) groups is 1. The molecule has 0 radical (unpaired) electrons. The van der Waals surface area contributed by atoms with Crippen molar-refractivity contribution in [2.45, 2.75) is 19.9 Å². The number of methoxy groups -OCH3 is 2. The molecular formula is C28H26FNO5. The summed E-state index contributed by atoms with van der Waals surface area (Å²) in [6, 6.07) is 13.8. The molecule has 2 heterocycles. The minimum atomic E-state index is -0.236. The molecule has 0 unspecified atom stereocenters. The molecule has 0 N–H and O–H groups in total. The minimum absolute atomic E-state index is 0.163. The summed E-state index contributed by atoms with van der Waals surface area (Å²) in [6.45, 7) is 3.78. The number of rotatable bonds is 6. The van der Waals surface area contributed by atoms with Crippen molar-refractivity contribution in [2.24, 2.45) is 0 Å². The zero-order chi connectivity index (χ0) is 24.5. The Hall–Kier alpha value is -3.84. The molecule has 2 aliphatic rings. The van der Waals surface area contributed by atoms with Crippen LogP contribution in [0.5, 0.6) is 23.0 Å². The predicted octanol–water partition coefficient (Wildman–Crippen LogP) is 5.16. The molecule has 0 fully saturated rings. The van der Waals surface area contributed by atoms with E-state index in [1.807, 2.05) is 19.1 Å². The fourth-order valence-corrected chi connectivity index (χ4v) is 4.47. The Labute approximate surface area is 203 Å². The Morgan fingerprint density at radius 1 is 1.03 bits per heavy atom.